The second-order valence-electron chi connectivity index (χ2n) is 11.1. The fraction of sp³-hybridized carbons (Fsp3) is 0.200. The number of rotatable bonds is 5. The molecule has 2 bridgehead atoms. The zero-order valence-electron chi connectivity index (χ0n) is 22.6. The Morgan fingerprint density at radius 3 is 1.56 bits per heavy atom. The lowest BCUT2D eigenvalue weighted by Gasteiger charge is -2.45. The molecule has 3 aliphatic carbocycles. The molecule has 1 saturated heterocycles. The highest BCUT2D eigenvalue weighted by molar-refractivity contribution is 6.23. The molecular formula is C35H27NO5. The Labute approximate surface area is 237 Å². The summed E-state index contributed by atoms with van der Waals surface area (Å²) in [5, 5.41) is 0. The van der Waals surface area contributed by atoms with E-state index in [2.05, 4.69) is 24.3 Å². The number of ether oxygens (including phenoxy) is 1. The number of hydrogen-bond acceptors (Lipinski definition) is 5. The Kier molecular flexibility index (Phi) is 5.75. The van der Waals surface area contributed by atoms with Crippen LogP contribution in [-0.2, 0) is 14.3 Å². The van der Waals surface area contributed by atoms with Crippen molar-refractivity contribution in [2.24, 2.45) is 11.8 Å². The molecule has 0 radical (unpaired) electrons. The summed E-state index contributed by atoms with van der Waals surface area (Å²) < 4.78 is 5.44. The summed E-state index contributed by atoms with van der Waals surface area (Å²) in [4.78, 5) is 54.7. The van der Waals surface area contributed by atoms with E-state index in [0.717, 1.165) is 27.8 Å². The summed E-state index contributed by atoms with van der Waals surface area (Å²) >= 11 is 0. The maximum Gasteiger partial charge on any atom is 0.338 e. The van der Waals surface area contributed by atoms with E-state index >= 15 is 0 Å². The number of ketones is 1. The minimum absolute atomic E-state index is 0.180. The molecule has 0 spiro atoms. The predicted molar refractivity (Wildman–Crippen MR) is 153 cm³/mol. The number of carbonyl (C=O) groups is 4. The molecule has 1 fully saturated rings. The lowest BCUT2D eigenvalue weighted by molar-refractivity contribution is -0.122. The highest BCUT2D eigenvalue weighted by Gasteiger charge is 2.61. The molecule has 1 aliphatic heterocycles. The van der Waals surface area contributed by atoms with Gasteiger partial charge in [0.2, 0.25) is 17.6 Å². The first-order chi connectivity index (χ1) is 19.8. The third-order valence-corrected chi connectivity index (χ3v) is 8.80. The molecule has 41 heavy (non-hydrogen) atoms. The molecule has 4 aliphatic rings. The van der Waals surface area contributed by atoms with E-state index in [1.54, 1.807) is 31.2 Å². The van der Waals surface area contributed by atoms with Gasteiger partial charge in [-0.2, -0.15) is 0 Å². The summed E-state index contributed by atoms with van der Waals surface area (Å²) in [7, 11) is 0. The molecule has 202 valence electrons. The number of aryl methyl sites for hydroxylation is 1. The van der Waals surface area contributed by atoms with E-state index < -0.39 is 23.9 Å². The summed E-state index contributed by atoms with van der Waals surface area (Å²) in [6.07, 6.45) is -0.964. The van der Waals surface area contributed by atoms with Crippen molar-refractivity contribution in [3.05, 3.63) is 136 Å². The molecule has 1 heterocycles. The van der Waals surface area contributed by atoms with Gasteiger partial charge < -0.3 is 4.74 Å². The van der Waals surface area contributed by atoms with Crippen LogP contribution in [0.4, 0.5) is 5.69 Å². The van der Waals surface area contributed by atoms with Gasteiger partial charge in [-0.25, -0.2) is 9.69 Å². The number of carbonyl (C=O) groups excluding carboxylic acids is 4. The molecule has 0 saturated carbocycles. The molecule has 3 unspecified atom stereocenters. The lowest BCUT2D eigenvalue weighted by Crippen LogP contribution is -2.41. The first kappa shape index (κ1) is 25.1. The van der Waals surface area contributed by atoms with Crippen molar-refractivity contribution in [2.75, 3.05) is 4.90 Å². The summed E-state index contributed by atoms with van der Waals surface area (Å²) in [5.41, 5.74) is 6.62. The second-order valence-corrected chi connectivity index (χ2v) is 11.1. The van der Waals surface area contributed by atoms with Crippen LogP contribution in [0.1, 0.15) is 67.3 Å². The van der Waals surface area contributed by atoms with Crippen molar-refractivity contribution < 1.29 is 23.9 Å². The van der Waals surface area contributed by atoms with Crippen molar-refractivity contribution >= 4 is 29.3 Å². The van der Waals surface area contributed by atoms with Gasteiger partial charge in [0.1, 0.15) is 0 Å². The van der Waals surface area contributed by atoms with Crippen molar-refractivity contribution in [1.82, 2.24) is 0 Å². The summed E-state index contributed by atoms with van der Waals surface area (Å²) in [6, 6.07) is 29.6. The fourth-order valence-electron chi connectivity index (χ4n) is 6.91. The summed E-state index contributed by atoms with van der Waals surface area (Å²) in [5.74, 6) is -2.69. The van der Waals surface area contributed by atoms with Gasteiger partial charge in [0.15, 0.2) is 6.10 Å². The number of benzene rings is 4. The Morgan fingerprint density at radius 2 is 1.10 bits per heavy atom. The van der Waals surface area contributed by atoms with E-state index in [4.69, 9.17) is 4.74 Å². The monoisotopic (exact) mass is 541 g/mol. The zero-order valence-corrected chi connectivity index (χ0v) is 22.6. The smallest absolute Gasteiger partial charge is 0.338 e. The molecule has 4 aromatic rings. The first-order valence-corrected chi connectivity index (χ1v) is 13.8. The molecule has 4 aromatic carbocycles. The number of nitrogens with zero attached hydrogens (tertiary/aromatic N) is 1. The quantitative estimate of drug-likeness (QED) is 0.181. The molecule has 2 amide bonds. The van der Waals surface area contributed by atoms with Crippen molar-refractivity contribution in [2.45, 2.75) is 31.8 Å². The van der Waals surface area contributed by atoms with Crippen LogP contribution >= 0.6 is 0 Å². The molecule has 3 atom stereocenters. The van der Waals surface area contributed by atoms with E-state index in [0.29, 0.717) is 11.3 Å². The maximum absolute atomic E-state index is 13.9. The van der Waals surface area contributed by atoms with Crippen LogP contribution in [0.3, 0.4) is 0 Å². The normalized spacial score (nSPS) is 22.5. The van der Waals surface area contributed by atoms with Gasteiger partial charge >= 0.3 is 5.97 Å². The number of amides is 2. The Bertz CT molecular complexity index is 1620. The topological polar surface area (TPSA) is 80.8 Å². The largest absolute Gasteiger partial charge is 0.451 e. The van der Waals surface area contributed by atoms with E-state index in [1.165, 1.54) is 17.0 Å². The second kappa shape index (κ2) is 9.37. The molecular weight excluding hydrogens is 514 g/mol. The highest BCUT2D eigenvalue weighted by atomic mass is 16.5. The number of imide groups is 1. The van der Waals surface area contributed by atoms with E-state index in [-0.39, 0.29) is 35.0 Å². The molecule has 6 heteroatoms. The molecule has 0 N–H and O–H groups in total. The Morgan fingerprint density at radius 1 is 0.659 bits per heavy atom. The Hall–Kier alpha value is -4.84. The van der Waals surface area contributed by atoms with Gasteiger partial charge in [0.25, 0.3) is 0 Å². The van der Waals surface area contributed by atoms with E-state index in [1.807, 2.05) is 43.3 Å². The zero-order chi connectivity index (χ0) is 28.4. The van der Waals surface area contributed by atoms with Crippen LogP contribution in [0.2, 0.25) is 0 Å². The maximum atomic E-state index is 13.9. The third-order valence-electron chi connectivity index (χ3n) is 8.80. The number of esters is 1. The minimum atomic E-state index is -0.964. The van der Waals surface area contributed by atoms with Gasteiger partial charge in [0, 0.05) is 17.4 Å². The van der Waals surface area contributed by atoms with Gasteiger partial charge in [-0.3, -0.25) is 14.4 Å². The van der Waals surface area contributed by atoms with Gasteiger partial charge in [-0.15, -0.1) is 0 Å². The molecule has 6 nitrogen and oxygen atoms in total. The number of hydrogen-bond donors (Lipinski definition) is 0. The number of Topliss-reactive ketones (excluding diaryl/α,β-unsaturated/α-hetero) is 1. The standard InChI is InChI=1S/C35H27NO5/c1-19-11-13-21(14-12-19)32(37)20(2)41-35(40)22-15-17-23(18-16-22)36-33(38)30-28-24-7-3-4-8-25(24)29(31(30)34(36)39)27-10-6-5-9-26(27)28/h3-18,20,28-31H,1-2H3. The molecule has 0 aromatic heterocycles. The lowest BCUT2D eigenvalue weighted by atomic mass is 9.55. The van der Waals surface area contributed by atoms with Crippen LogP contribution in [0.15, 0.2) is 97.1 Å². The third kappa shape index (κ3) is 3.78. The fourth-order valence-corrected chi connectivity index (χ4v) is 6.91. The SMILES string of the molecule is Cc1ccc(C(=O)C(C)OC(=O)c2ccc(N3C(=O)C4C5c6ccccc6C(c6ccccc65)C4C3=O)cc2)cc1. The van der Waals surface area contributed by atoms with Gasteiger partial charge in [0.05, 0.1) is 23.1 Å². The van der Waals surface area contributed by atoms with Crippen LogP contribution in [0.5, 0.6) is 0 Å². The van der Waals surface area contributed by atoms with Crippen molar-refractivity contribution in [3.8, 4) is 0 Å². The highest BCUT2D eigenvalue weighted by Crippen LogP contribution is 2.61. The van der Waals surface area contributed by atoms with Crippen LogP contribution < -0.4 is 4.90 Å². The van der Waals surface area contributed by atoms with E-state index in [9.17, 15) is 19.2 Å². The van der Waals surface area contributed by atoms with Crippen LogP contribution in [-0.4, -0.2) is 29.7 Å². The van der Waals surface area contributed by atoms with Crippen molar-refractivity contribution in [3.63, 3.8) is 0 Å². The van der Waals surface area contributed by atoms with Crippen molar-refractivity contribution in [1.29, 1.82) is 0 Å². The van der Waals surface area contributed by atoms with Crippen LogP contribution in [0.25, 0.3) is 0 Å². The van der Waals surface area contributed by atoms with Gasteiger partial charge in [-0.1, -0.05) is 78.4 Å². The first-order valence-electron chi connectivity index (χ1n) is 13.8. The average molecular weight is 542 g/mol. The average Bonchev–Trinajstić information content (AvgIpc) is 3.27. The predicted octanol–water partition coefficient (Wildman–Crippen LogP) is 5.82. The Balaban J connectivity index is 1.14. The molecule has 8 rings (SSSR count). The van der Waals surface area contributed by atoms with Gasteiger partial charge in [-0.05, 0) is 60.4 Å². The number of anilines is 1. The summed E-state index contributed by atoms with van der Waals surface area (Å²) in [6.45, 7) is 3.48. The van der Waals surface area contributed by atoms with Crippen LogP contribution in [0, 0.1) is 18.8 Å². The minimum Gasteiger partial charge on any atom is -0.451 e.